The maximum atomic E-state index is 3.92. The van der Waals surface area contributed by atoms with E-state index in [9.17, 15) is 0 Å². The maximum Gasteiger partial charge on any atom is 0.0376 e. The quantitative estimate of drug-likeness (QED) is 0.790. The molecule has 0 aliphatic heterocycles. The summed E-state index contributed by atoms with van der Waals surface area (Å²) >= 11 is 0. The first-order valence-corrected chi connectivity index (χ1v) is 10.9. The Hall–Kier alpha value is -0.660. The van der Waals surface area contributed by atoms with Crippen LogP contribution in [0.1, 0.15) is 77.0 Å². The molecule has 24 heavy (non-hydrogen) atoms. The Morgan fingerprint density at radius 1 is 0.458 bits per heavy atom. The van der Waals surface area contributed by atoms with Gasteiger partial charge in [0, 0.05) is 23.5 Å². The van der Waals surface area contributed by atoms with Crippen LogP contribution in [-0.2, 0) is 0 Å². The monoisotopic (exact) mass is 326 g/mol. The highest BCUT2D eigenvalue weighted by atomic mass is 15.0. The van der Waals surface area contributed by atoms with Gasteiger partial charge in [0.1, 0.15) is 0 Å². The third-order valence-electron chi connectivity index (χ3n) is 8.94. The molecule has 0 amide bonds. The molecule has 2 nitrogen and oxygen atoms in total. The van der Waals surface area contributed by atoms with E-state index in [1.54, 1.807) is 0 Å². The van der Waals surface area contributed by atoms with Gasteiger partial charge in [-0.15, -0.1) is 0 Å². The van der Waals surface area contributed by atoms with Gasteiger partial charge < -0.3 is 10.6 Å². The predicted molar refractivity (Wildman–Crippen MR) is 97.2 cm³/mol. The van der Waals surface area contributed by atoms with Crippen LogP contribution in [0.4, 0.5) is 0 Å². The molecule has 0 unspecified atom stereocenters. The Bertz CT molecular complexity index is 430. The van der Waals surface area contributed by atoms with Gasteiger partial charge in [-0.2, -0.15) is 0 Å². The third kappa shape index (κ3) is 2.27. The SMILES string of the molecule is C(=CNC12CC3CC(CC(C3)C1)C2)NC12CC3CC(CC(C3)C1)C2. The van der Waals surface area contributed by atoms with Gasteiger partial charge in [-0.1, -0.05) is 0 Å². The summed E-state index contributed by atoms with van der Waals surface area (Å²) in [5, 5.41) is 7.83. The van der Waals surface area contributed by atoms with Crippen molar-refractivity contribution in [2.24, 2.45) is 35.5 Å². The van der Waals surface area contributed by atoms with E-state index in [1.165, 1.54) is 77.0 Å². The Morgan fingerprint density at radius 2 is 0.708 bits per heavy atom. The first-order valence-electron chi connectivity index (χ1n) is 10.9. The zero-order valence-corrected chi connectivity index (χ0v) is 15.1. The van der Waals surface area contributed by atoms with Crippen LogP contribution in [-0.4, -0.2) is 11.1 Å². The van der Waals surface area contributed by atoms with E-state index in [-0.39, 0.29) is 0 Å². The number of hydrogen-bond donors (Lipinski definition) is 2. The van der Waals surface area contributed by atoms with E-state index in [1.807, 2.05) is 0 Å². The summed E-state index contributed by atoms with van der Waals surface area (Å²) in [5.41, 5.74) is 0.933. The van der Waals surface area contributed by atoms with E-state index < -0.39 is 0 Å². The fourth-order valence-corrected chi connectivity index (χ4v) is 9.01. The smallest absolute Gasteiger partial charge is 0.0376 e. The molecule has 0 aromatic carbocycles. The van der Waals surface area contributed by atoms with Crippen LogP contribution in [0.2, 0.25) is 0 Å². The minimum Gasteiger partial charge on any atom is -0.384 e. The van der Waals surface area contributed by atoms with Gasteiger partial charge in [-0.3, -0.25) is 0 Å². The minimum absolute atomic E-state index is 0.467. The molecule has 8 fully saturated rings. The molecule has 8 aliphatic rings. The second-order valence-corrected chi connectivity index (χ2v) is 11.0. The molecule has 2 N–H and O–H groups in total. The van der Waals surface area contributed by atoms with E-state index in [0.717, 1.165) is 35.5 Å². The molecular weight excluding hydrogens is 292 g/mol. The van der Waals surface area contributed by atoms with Crippen LogP contribution in [0.3, 0.4) is 0 Å². The summed E-state index contributed by atoms with van der Waals surface area (Å²) in [6.45, 7) is 0. The molecule has 2 heteroatoms. The van der Waals surface area contributed by atoms with Gasteiger partial charge in [0.15, 0.2) is 0 Å². The average molecular weight is 327 g/mol. The molecule has 0 aromatic rings. The van der Waals surface area contributed by atoms with Gasteiger partial charge in [0.05, 0.1) is 0 Å². The fraction of sp³-hybridized carbons (Fsp3) is 0.909. The van der Waals surface area contributed by atoms with Crippen LogP contribution in [0.25, 0.3) is 0 Å². The lowest BCUT2D eigenvalue weighted by Gasteiger charge is -2.57. The van der Waals surface area contributed by atoms with Crippen molar-refractivity contribution < 1.29 is 0 Å². The molecule has 8 aliphatic carbocycles. The molecule has 0 atom stereocenters. The highest BCUT2D eigenvalue weighted by Gasteiger charge is 2.51. The van der Waals surface area contributed by atoms with Gasteiger partial charge >= 0.3 is 0 Å². The van der Waals surface area contributed by atoms with Crippen molar-refractivity contribution in [3.05, 3.63) is 12.4 Å². The number of nitrogens with one attached hydrogen (secondary N) is 2. The van der Waals surface area contributed by atoms with Crippen LogP contribution >= 0.6 is 0 Å². The van der Waals surface area contributed by atoms with Crippen molar-refractivity contribution in [3.63, 3.8) is 0 Å². The third-order valence-corrected chi connectivity index (χ3v) is 8.94. The Balaban J connectivity index is 1.11. The Morgan fingerprint density at radius 3 is 0.958 bits per heavy atom. The van der Waals surface area contributed by atoms with Gasteiger partial charge in [0.2, 0.25) is 0 Å². The normalized spacial score (nSPS) is 57.0. The molecule has 8 bridgehead atoms. The minimum atomic E-state index is 0.467. The summed E-state index contributed by atoms with van der Waals surface area (Å²) in [6.07, 6.45) is 22.5. The van der Waals surface area contributed by atoms with Gasteiger partial charge in [-0.05, 0) is 113 Å². The second-order valence-electron chi connectivity index (χ2n) is 11.0. The molecule has 8 rings (SSSR count). The highest BCUT2D eigenvalue weighted by molar-refractivity contribution is 5.11. The van der Waals surface area contributed by atoms with Crippen LogP contribution in [0, 0.1) is 35.5 Å². The van der Waals surface area contributed by atoms with E-state index in [4.69, 9.17) is 0 Å². The van der Waals surface area contributed by atoms with Crippen molar-refractivity contribution in [1.82, 2.24) is 10.6 Å². The van der Waals surface area contributed by atoms with E-state index >= 15 is 0 Å². The maximum absolute atomic E-state index is 3.92. The molecule has 0 saturated heterocycles. The zero-order valence-electron chi connectivity index (χ0n) is 15.1. The Kier molecular flexibility index (Phi) is 2.99. The summed E-state index contributed by atoms with van der Waals surface area (Å²) in [6, 6.07) is 0. The van der Waals surface area contributed by atoms with Crippen molar-refractivity contribution >= 4 is 0 Å². The van der Waals surface area contributed by atoms with Crippen LogP contribution in [0.15, 0.2) is 12.4 Å². The average Bonchev–Trinajstić information content (AvgIpc) is 2.49. The summed E-state index contributed by atoms with van der Waals surface area (Å²) in [7, 11) is 0. The molecule has 0 spiro atoms. The molecule has 132 valence electrons. The van der Waals surface area contributed by atoms with Crippen molar-refractivity contribution in [3.8, 4) is 0 Å². The standard InChI is InChI=1S/C22H34N2/c1(23-21-9-15-3-16(10-21)5-17(4-15)11-21)2-24-22-12-18-6-19(13-22)8-20(7-18)14-22/h1-2,15-20,23-24H,3-14H2. The molecule has 0 aromatic heterocycles. The molecule has 0 radical (unpaired) electrons. The topological polar surface area (TPSA) is 24.1 Å². The molecular formula is C22H34N2. The Labute approximate surface area is 147 Å². The van der Waals surface area contributed by atoms with Crippen molar-refractivity contribution in [2.75, 3.05) is 0 Å². The van der Waals surface area contributed by atoms with Crippen molar-refractivity contribution in [1.29, 1.82) is 0 Å². The fourth-order valence-electron chi connectivity index (χ4n) is 9.01. The van der Waals surface area contributed by atoms with Crippen LogP contribution < -0.4 is 10.6 Å². The molecule has 0 heterocycles. The number of rotatable bonds is 4. The number of hydrogen-bond acceptors (Lipinski definition) is 2. The first kappa shape index (κ1) is 14.5. The lowest BCUT2D eigenvalue weighted by Crippen LogP contribution is -2.58. The van der Waals surface area contributed by atoms with E-state index in [0.29, 0.717) is 11.1 Å². The lowest BCUT2D eigenvalue weighted by molar-refractivity contribution is -0.0157. The van der Waals surface area contributed by atoms with Gasteiger partial charge in [0.25, 0.3) is 0 Å². The molecule has 8 saturated carbocycles. The largest absolute Gasteiger partial charge is 0.384 e. The second kappa shape index (κ2) is 4.95. The highest BCUT2D eigenvalue weighted by Crippen LogP contribution is 2.56. The van der Waals surface area contributed by atoms with Crippen molar-refractivity contribution in [2.45, 2.75) is 88.1 Å². The zero-order chi connectivity index (χ0) is 15.8. The predicted octanol–water partition coefficient (Wildman–Crippen LogP) is 4.57. The van der Waals surface area contributed by atoms with Crippen LogP contribution in [0.5, 0.6) is 0 Å². The van der Waals surface area contributed by atoms with Gasteiger partial charge in [-0.25, -0.2) is 0 Å². The summed E-state index contributed by atoms with van der Waals surface area (Å²) < 4.78 is 0. The summed E-state index contributed by atoms with van der Waals surface area (Å²) in [4.78, 5) is 0. The summed E-state index contributed by atoms with van der Waals surface area (Å²) in [5.74, 6) is 6.21. The lowest BCUT2D eigenvalue weighted by atomic mass is 9.53. The van der Waals surface area contributed by atoms with E-state index in [2.05, 4.69) is 23.0 Å². The first-order chi connectivity index (χ1) is 11.7.